The normalized spacial score (nSPS) is 16.4. The van der Waals surface area contributed by atoms with E-state index in [-0.39, 0.29) is 0 Å². The van der Waals surface area contributed by atoms with Crippen molar-refractivity contribution in [2.24, 2.45) is 5.73 Å². The van der Waals surface area contributed by atoms with Gasteiger partial charge in [-0.1, -0.05) is 19.1 Å². The average Bonchev–Trinajstić information content (AvgIpc) is 2.54. The summed E-state index contributed by atoms with van der Waals surface area (Å²) in [4.78, 5) is 6.57. The zero-order valence-electron chi connectivity index (χ0n) is 13.3. The molecule has 1 aromatic rings. The summed E-state index contributed by atoms with van der Waals surface area (Å²) in [6.45, 7) is 8.92. The second-order valence-electron chi connectivity index (χ2n) is 5.64. The van der Waals surface area contributed by atoms with Gasteiger partial charge in [0.2, 0.25) is 0 Å². The first-order chi connectivity index (χ1) is 10.3. The van der Waals surface area contributed by atoms with Crippen LogP contribution in [0.15, 0.2) is 29.2 Å². The van der Waals surface area contributed by atoms with Gasteiger partial charge in [-0.2, -0.15) is 0 Å². The lowest BCUT2D eigenvalue weighted by atomic mass is 10.2. The van der Waals surface area contributed by atoms with E-state index in [1.807, 2.05) is 11.8 Å². The number of nitrogens with two attached hydrogens (primary N) is 1. The molecule has 21 heavy (non-hydrogen) atoms. The van der Waals surface area contributed by atoms with Gasteiger partial charge in [-0.05, 0) is 50.2 Å². The summed E-state index contributed by atoms with van der Waals surface area (Å²) in [7, 11) is 0. The van der Waals surface area contributed by atoms with Gasteiger partial charge in [0, 0.05) is 31.1 Å². The molecule has 0 bridgehead atoms. The monoisotopic (exact) mass is 307 g/mol. The molecule has 1 saturated heterocycles. The molecule has 2 rings (SSSR count). The Hall–Kier alpha value is -0.710. The number of thioether (sulfide) groups is 1. The molecule has 0 saturated carbocycles. The molecule has 0 radical (unpaired) electrons. The van der Waals surface area contributed by atoms with E-state index in [1.165, 1.54) is 48.8 Å². The third-order valence-electron chi connectivity index (χ3n) is 3.97. The molecule has 1 aliphatic rings. The SMILES string of the molecule is CCCSc1ccccc1N1CCN(CCCCN)CC1. The van der Waals surface area contributed by atoms with Crippen LogP contribution in [0.25, 0.3) is 0 Å². The molecule has 3 nitrogen and oxygen atoms in total. The van der Waals surface area contributed by atoms with Crippen molar-refractivity contribution < 1.29 is 0 Å². The van der Waals surface area contributed by atoms with Crippen molar-refractivity contribution in [3.8, 4) is 0 Å². The van der Waals surface area contributed by atoms with Crippen molar-refractivity contribution in [3.63, 3.8) is 0 Å². The summed E-state index contributed by atoms with van der Waals surface area (Å²) in [5.41, 5.74) is 7.00. The van der Waals surface area contributed by atoms with E-state index in [1.54, 1.807) is 0 Å². The van der Waals surface area contributed by atoms with Gasteiger partial charge < -0.3 is 10.6 Å². The van der Waals surface area contributed by atoms with Gasteiger partial charge in [0.15, 0.2) is 0 Å². The number of hydrogen-bond donors (Lipinski definition) is 1. The van der Waals surface area contributed by atoms with Crippen molar-refractivity contribution >= 4 is 17.4 Å². The Labute approximate surface area is 133 Å². The van der Waals surface area contributed by atoms with Crippen LogP contribution in [-0.4, -0.2) is 49.9 Å². The van der Waals surface area contributed by atoms with Gasteiger partial charge in [-0.15, -0.1) is 11.8 Å². The van der Waals surface area contributed by atoms with Crippen LogP contribution >= 0.6 is 11.8 Å². The Bertz CT molecular complexity index is 403. The highest BCUT2D eigenvalue weighted by Crippen LogP contribution is 2.31. The zero-order chi connectivity index (χ0) is 14.9. The largest absolute Gasteiger partial charge is 0.368 e. The summed E-state index contributed by atoms with van der Waals surface area (Å²) in [6, 6.07) is 8.87. The van der Waals surface area contributed by atoms with Gasteiger partial charge >= 0.3 is 0 Å². The Morgan fingerprint density at radius 1 is 1.10 bits per heavy atom. The molecule has 0 aromatic heterocycles. The van der Waals surface area contributed by atoms with E-state index >= 15 is 0 Å². The molecule has 0 unspecified atom stereocenters. The summed E-state index contributed by atoms with van der Waals surface area (Å²) < 4.78 is 0. The molecule has 1 aromatic carbocycles. The predicted octanol–water partition coefficient (Wildman–Crippen LogP) is 3.05. The molecule has 0 amide bonds. The molecule has 118 valence electrons. The van der Waals surface area contributed by atoms with E-state index in [0.717, 1.165) is 26.1 Å². The minimum atomic E-state index is 0.821. The second kappa shape index (κ2) is 9.34. The van der Waals surface area contributed by atoms with Crippen LogP contribution in [0.2, 0.25) is 0 Å². The maximum absolute atomic E-state index is 5.57. The molecular weight excluding hydrogens is 278 g/mol. The zero-order valence-corrected chi connectivity index (χ0v) is 14.1. The molecule has 0 aliphatic carbocycles. The average molecular weight is 308 g/mol. The third-order valence-corrected chi connectivity index (χ3v) is 5.24. The standard InChI is InChI=1S/C17H29N3S/c1-2-15-21-17-8-4-3-7-16(17)20-13-11-19(12-14-20)10-6-5-9-18/h3-4,7-8H,2,5-6,9-15,18H2,1H3. The van der Waals surface area contributed by atoms with Crippen molar-refractivity contribution in [2.75, 3.05) is 49.9 Å². The van der Waals surface area contributed by atoms with Crippen molar-refractivity contribution in [3.05, 3.63) is 24.3 Å². The fourth-order valence-electron chi connectivity index (χ4n) is 2.74. The molecule has 2 N–H and O–H groups in total. The molecule has 0 spiro atoms. The molecular formula is C17H29N3S. The van der Waals surface area contributed by atoms with Gasteiger partial charge in [-0.25, -0.2) is 0 Å². The second-order valence-corrected chi connectivity index (χ2v) is 6.78. The highest BCUT2D eigenvalue weighted by Gasteiger charge is 2.18. The number of anilines is 1. The van der Waals surface area contributed by atoms with Gasteiger partial charge in [0.1, 0.15) is 0 Å². The van der Waals surface area contributed by atoms with Gasteiger partial charge in [0.25, 0.3) is 0 Å². The van der Waals surface area contributed by atoms with Crippen LogP contribution in [0.1, 0.15) is 26.2 Å². The van der Waals surface area contributed by atoms with Crippen LogP contribution < -0.4 is 10.6 Å². The Morgan fingerprint density at radius 2 is 1.86 bits per heavy atom. The van der Waals surface area contributed by atoms with Crippen molar-refractivity contribution in [1.29, 1.82) is 0 Å². The number of piperazine rings is 1. The minimum Gasteiger partial charge on any atom is -0.368 e. The number of rotatable bonds is 8. The Balaban J connectivity index is 1.87. The summed E-state index contributed by atoms with van der Waals surface area (Å²) in [6.07, 6.45) is 3.62. The number of hydrogen-bond acceptors (Lipinski definition) is 4. The molecule has 1 fully saturated rings. The van der Waals surface area contributed by atoms with Crippen LogP contribution in [0, 0.1) is 0 Å². The maximum atomic E-state index is 5.57. The van der Waals surface area contributed by atoms with Gasteiger partial charge in [0.05, 0.1) is 5.69 Å². The minimum absolute atomic E-state index is 0.821. The lowest BCUT2D eigenvalue weighted by Gasteiger charge is -2.37. The highest BCUT2D eigenvalue weighted by molar-refractivity contribution is 7.99. The smallest absolute Gasteiger partial charge is 0.0505 e. The van der Waals surface area contributed by atoms with Gasteiger partial charge in [-0.3, -0.25) is 4.90 Å². The quantitative estimate of drug-likeness (QED) is 0.591. The molecule has 4 heteroatoms. The highest BCUT2D eigenvalue weighted by atomic mass is 32.2. The lowest BCUT2D eigenvalue weighted by molar-refractivity contribution is 0.253. The molecule has 1 aliphatic heterocycles. The molecule has 1 heterocycles. The number of unbranched alkanes of at least 4 members (excludes halogenated alkanes) is 1. The van der Waals surface area contributed by atoms with Crippen LogP contribution in [0.3, 0.4) is 0 Å². The maximum Gasteiger partial charge on any atom is 0.0505 e. The van der Waals surface area contributed by atoms with E-state index in [4.69, 9.17) is 5.73 Å². The van der Waals surface area contributed by atoms with Crippen LogP contribution in [-0.2, 0) is 0 Å². The van der Waals surface area contributed by atoms with Crippen molar-refractivity contribution in [1.82, 2.24) is 4.90 Å². The lowest BCUT2D eigenvalue weighted by Crippen LogP contribution is -2.46. The third kappa shape index (κ3) is 5.20. The van der Waals surface area contributed by atoms with E-state index < -0.39 is 0 Å². The Kier molecular flexibility index (Phi) is 7.41. The number of benzene rings is 1. The van der Waals surface area contributed by atoms with E-state index in [9.17, 15) is 0 Å². The Morgan fingerprint density at radius 3 is 2.57 bits per heavy atom. The topological polar surface area (TPSA) is 32.5 Å². The van der Waals surface area contributed by atoms with E-state index in [2.05, 4.69) is 41.0 Å². The number of nitrogens with zero attached hydrogens (tertiary/aromatic N) is 2. The fraction of sp³-hybridized carbons (Fsp3) is 0.647. The van der Waals surface area contributed by atoms with Crippen LogP contribution in [0.4, 0.5) is 5.69 Å². The van der Waals surface area contributed by atoms with Crippen LogP contribution in [0.5, 0.6) is 0 Å². The molecule has 0 atom stereocenters. The fourth-order valence-corrected chi connectivity index (χ4v) is 3.69. The first kappa shape index (κ1) is 16.7. The number of para-hydroxylation sites is 1. The predicted molar refractivity (Wildman–Crippen MR) is 94.4 cm³/mol. The summed E-state index contributed by atoms with van der Waals surface area (Å²) in [5.74, 6) is 1.20. The van der Waals surface area contributed by atoms with E-state index in [0.29, 0.717) is 0 Å². The first-order valence-corrected chi connectivity index (χ1v) is 9.23. The summed E-state index contributed by atoms with van der Waals surface area (Å²) in [5, 5.41) is 0. The first-order valence-electron chi connectivity index (χ1n) is 8.24. The summed E-state index contributed by atoms with van der Waals surface area (Å²) >= 11 is 1.99. The van der Waals surface area contributed by atoms with Crippen molar-refractivity contribution in [2.45, 2.75) is 31.1 Å².